The van der Waals surface area contributed by atoms with Crippen LogP contribution in [0.1, 0.15) is 51.2 Å². The summed E-state index contributed by atoms with van der Waals surface area (Å²) in [6.07, 6.45) is 15.0. The van der Waals surface area contributed by atoms with E-state index in [0.29, 0.717) is 0 Å². The van der Waals surface area contributed by atoms with Gasteiger partial charge in [0.15, 0.2) is 0 Å². The van der Waals surface area contributed by atoms with E-state index in [0.717, 1.165) is 25.9 Å². The van der Waals surface area contributed by atoms with Gasteiger partial charge in [0.25, 0.3) is 0 Å². The van der Waals surface area contributed by atoms with Gasteiger partial charge in [-0.25, -0.2) is 9.97 Å². The van der Waals surface area contributed by atoms with Crippen LogP contribution in [0.15, 0.2) is 24.8 Å². The number of unbranched alkanes of at least 4 members (excludes halogenated alkanes) is 2. The Morgan fingerprint density at radius 1 is 0.810 bits per heavy atom. The van der Waals surface area contributed by atoms with E-state index in [1.54, 1.807) is 0 Å². The minimum atomic E-state index is 0. The maximum absolute atomic E-state index is 4.46. The lowest BCUT2D eigenvalue weighted by Gasteiger charge is -2.10. The van der Waals surface area contributed by atoms with Crippen LogP contribution in [0, 0.1) is 0 Å². The van der Waals surface area contributed by atoms with E-state index in [1.165, 1.54) is 37.3 Å². The lowest BCUT2D eigenvalue weighted by atomic mass is 10.2. The fourth-order valence-electron chi connectivity index (χ4n) is 2.43. The molecule has 5 heteroatoms. The van der Waals surface area contributed by atoms with Gasteiger partial charge in [-0.2, -0.15) is 0 Å². The van der Waals surface area contributed by atoms with Gasteiger partial charge in [0.05, 0.1) is 0 Å². The predicted molar refractivity (Wildman–Crippen MR) is 88.9 cm³/mol. The Labute approximate surface area is 134 Å². The molecule has 2 rings (SSSR count). The number of aromatic nitrogens is 4. The predicted octanol–water partition coefficient (Wildman–Crippen LogP) is 3.89. The second-order valence-electron chi connectivity index (χ2n) is 5.28. The first-order valence-electron chi connectivity index (χ1n) is 7.85. The highest BCUT2D eigenvalue weighted by molar-refractivity contribution is 5.85. The first-order valence-corrected chi connectivity index (χ1v) is 7.85. The van der Waals surface area contributed by atoms with Gasteiger partial charge in [0.2, 0.25) is 0 Å². The zero-order valence-corrected chi connectivity index (χ0v) is 14.0. The summed E-state index contributed by atoms with van der Waals surface area (Å²) in [5.74, 6) is 2.42. The number of nitrogens with zero attached hydrogens (tertiary/aromatic N) is 4. The number of aryl methyl sites for hydroxylation is 4. The van der Waals surface area contributed by atoms with E-state index in [4.69, 9.17) is 0 Å². The molecule has 0 amide bonds. The average molecular weight is 311 g/mol. The van der Waals surface area contributed by atoms with Gasteiger partial charge >= 0.3 is 0 Å². The zero-order valence-electron chi connectivity index (χ0n) is 13.2. The lowest BCUT2D eigenvalue weighted by molar-refractivity contribution is 0.533. The van der Waals surface area contributed by atoms with E-state index in [9.17, 15) is 0 Å². The van der Waals surface area contributed by atoms with Crippen molar-refractivity contribution in [1.82, 2.24) is 19.1 Å². The standard InChI is InChI=1S/C16H26N4.ClH/c1-3-5-7-15-17-9-11-19(15)13-14-20-12-10-18-16(20)8-6-4-2;/h9-12H,3-8,13-14H2,1-2H3;1H. The summed E-state index contributed by atoms with van der Waals surface area (Å²) in [5, 5.41) is 0. The van der Waals surface area contributed by atoms with Gasteiger partial charge in [-0.05, 0) is 12.8 Å². The minimum absolute atomic E-state index is 0. The SMILES string of the molecule is CCCCc1nccn1CCn1ccnc1CCCC.Cl. The maximum atomic E-state index is 4.46. The number of rotatable bonds is 9. The van der Waals surface area contributed by atoms with Crippen LogP contribution in [-0.2, 0) is 25.9 Å². The van der Waals surface area contributed by atoms with E-state index in [2.05, 4.69) is 45.3 Å². The van der Waals surface area contributed by atoms with Crippen LogP contribution in [0.3, 0.4) is 0 Å². The molecule has 0 aromatic carbocycles. The van der Waals surface area contributed by atoms with Gasteiger partial charge in [-0.1, -0.05) is 26.7 Å². The van der Waals surface area contributed by atoms with Crippen molar-refractivity contribution < 1.29 is 0 Å². The number of halogens is 1. The summed E-state index contributed by atoms with van der Waals surface area (Å²) in [4.78, 5) is 8.93. The van der Waals surface area contributed by atoms with E-state index in [1.807, 2.05) is 12.4 Å². The van der Waals surface area contributed by atoms with Crippen molar-refractivity contribution in [2.45, 2.75) is 65.5 Å². The molecule has 0 aliphatic rings. The maximum Gasteiger partial charge on any atom is 0.108 e. The van der Waals surface area contributed by atoms with Crippen molar-refractivity contribution in [3.8, 4) is 0 Å². The molecule has 0 spiro atoms. The van der Waals surface area contributed by atoms with Gasteiger partial charge in [0.1, 0.15) is 11.6 Å². The van der Waals surface area contributed by atoms with Crippen LogP contribution in [0.5, 0.6) is 0 Å². The smallest absolute Gasteiger partial charge is 0.108 e. The molecule has 2 heterocycles. The molecule has 4 nitrogen and oxygen atoms in total. The summed E-state index contributed by atoms with van der Waals surface area (Å²) in [6, 6.07) is 0. The fourth-order valence-corrected chi connectivity index (χ4v) is 2.43. The molecule has 2 aromatic heterocycles. The van der Waals surface area contributed by atoms with Crippen molar-refractivity contribution in [3.63, 3.8) is 0 Å². The minimum Gasteiger partial charge on any atom is -0.333 e. The second-order valence-corrected chi connectivity index (χ2v) is 5.28. The quantitative estimate of drug-likeness (QED) is 0.704. The third-order valence-corrected chi connectivity index (χ3v) is 3.69. The molecular formula is C16H27ClN4. The summed E-state index contributed by atoms with van der Waals surface area (Å²) in [6.45, 7) is 6.40. The molecule has 0 unspecified atom stereocenters. The van der Waals surface area contributed by atoms with Crippen LogP contribution >= 0.6 is 12.4 Å². The molecule has 0 saturated heterocycles. The molecule has 118 valence electrons. The average Bonchev–Trinajstić information content (AvgIpc) is 3.09. The van der Waals surface area contributed by atoms with Gasteiger partial charge in [0, 0.05) is 50.7 Å². The van der Waals surface area contributed by atoms with Crippen LogP contribution < -0.4 is 0 Å². The molecule has 0 bridgehead atoms. The van der Waals surface area contributed by atoms with Crippen LogP contribution in [0.4, 0.5) is 0 Å². The monoisotopic (exact) mass is 310 g/mol. The third kappa shape index (κ3) is 5.20. The van der Waals surface area contributed by atoms with Crippen molar-refractivity contribution >= 4 is 12.4 Å². The Balaban J connectivity index is 0.00000220. The van der Waals surface area contributed by atoms with E-state index in [-0.39, 0.29) is 12.4 Å². The fraction of sp³-hybridized carbons (Fsp3) is 0.625. The van der Waals surface area contributed by atoms with Gasteiger partial charge < -0.3 is 9.13 Å². The molecule has 0 N–H and O–H groups in total. The molecule has 0 aliphatic heterocycles. The second kappa shape index (κ2) is 9.61. The summed E-state index contributed by atoms with van der Waals surface area (Å²) in [7, 11) is 0. The van der Waals surface area contributed by atoms with Crippen LogP contribution in [0.2, 0.25) is 0 Å². The Morgan fingerprint density at radius 2 is 1.24 bits per heavy atom. The highest BCUT2D eigenvalue weighted by Crippen LogP contribution is 2.07. The van der Waals surface area contributed by atoms with E-state index >= 15 is 0 Å². The third-order valence-electron chi connectivity index (χ3n) is 3.69. The molecule has 0 saturated carbocycles. The van der Waals surface area contributed by atoms with Crippen molar-refractivity contribution in [1.29, 1.82) is 0 Å². The van der Waals surface area contributed by atoms with Crippen LogP contribution in [-0.4, -0.2) is 19.1 Å². The molecule has 0 aliphatic carbocycles. The first kappa shape index (κ1) is 17.8. The molecule has 0 atom stereocenters. The molecular weight excluding hydrogens is 284 g/mol. The number of hydrogen-bond donors (Lipinski definition) is 0. The van der Waals surface area contributed by atoms with E-state index < -0.39 is 0 Å². The zero-order chi connectivity index (χ0) is 14.2. The largest absolute Gasteiger partial charge is 0.333 e. The normalized spacial score (nSPS) is 10.6. The number of hydrogen-bond acceptors (Lipinski definition) is 2. The lowest BCUT2D eigenvalue weighted by Crippen LogP contribution is -2.11. The van der Waals surface area contributed by atoms with Crippen molar-refractivity contribution in [2.24, 2.45) is 0 Å². The molecule has 0 fully saturated rings. The van der Waals surface area contributed by atoms with Crippen molar-refractivity contribution in [3.05, 3.63) is 36.4 Å². The summed E-state index contributed by atoms with van der Waals surface area (Å²) < 4.78 is 4.55. The van der Waals surface area contributed by atoms with Gasteiger partial charge in [-0.15, -0.1) is 12.4 Å². The summed E-state index contributed by atoms with van der Waals surface area (Å²) >= 11 is 0. The Morgan fingerprint density at radius 3 is 1.62 bits per heavy atom. The first-order chi connectivity index (χ1) is 9.85. The highest BCUT2D eigenvalue weighted by Gasteiger charge is 2.05. The van der Waals surface area contributed by atoms with Gasteiger partial charge in [-0.3, -0.25) is 0 Å². The van der Waals surface area contributed by atoms with Crippen LogP contribution in [0.25, 0.3) is 0 Å². The number of imidazole rings is 2. The molecule has 2 aromatic rings. The topological polar surface area (TPSA) is 35.6 Å². The van der Waals surface area contributed by atoms with Crippen molar-refractivity contribution in [2.75, 3.05) is 0 Å². The Bertz CT molecular complexity index is 458. The summed E-state index contributed by atoms with van der Waals surface area (Å²) in [5.41, 5.74) is 0. The molecule has 0 radical (unpaired) electrons. The Kier molecular flexibility index (Phi) is 8.13. The highest BCUT2D eigenvalue weighted by atomic mass is 35.5. The molecule has 21 heavy (non-hydrogen) atoms. The Hall–Kier alpha value is -1.29.